The molecule has 0 saturated carbocycles. The van der Waals surface area contributed by atoms with Crippen LogP contribution in [0.1, 0.15) is 245 Å². The van der Waals surface area contributed by atoms with Crippen LogP contribution in [0.25, 0.3) is 0 Å². The summed E-state index contributed by atoms with van der Waals surface area (Å²) in [6.45, 7) is 6.33. The lowest BCUT2D eigenvalue weighted by Gasteiger charge is -2.18. The largest absolute Gasteiger partial charge is 0.462 e. The monoisotopic (exact) mass is 1050 g/mol. The Kier molecular flexibility index (Phi) is 58.5. The molecule has 0 aromatic carbocycles. The Bertz CT molecular complexity index is 1720. The van der Waals surface area contributed by atoms with E-state index in [9.17, 15) is 14.4 Å². The number of hydrogen-bond donors (Lipinski definition) is 0. The van der Waals surface area contributed by atoms with E-state index in [1.54, 1.807) is 0 Å². The molecule has 0 aromatic heterocycles. The third-order valence-corrected chi connectivity index (χ3v) is 12.3. The van der Waals surface area contributed by atoms with Gasteiger partial charge in [-0.25, -0.2) is 0 Å². The molecule has 0 fully saturated rings. The van der Waals surface area contributed by atoms with E-state index in [2.05, 4.69) is 179 Å². The summed E-state index contributed by atoms with van der Waals surface area (Å²) in [7, 11) is 0. The van der Waals surface area contributed by atoms with Gasteiger partial charge in [-0.3, -0.25) is 14.4 Å². The zero-order valence-corrected chi connectivity index (χ0v) is 48.7. The van der Waals surface area contributed by atoms with Gasteiger partial charge in [-0.05, 0) is 128 Å². The number of hydrogen-bond acceptors (Lipinski definition) is 6. The molecule has 0 aromatic rings. The summed E-state index contributed by atoms with van der Waals surface area (Å²) >= 11 is 0. The van der Waals surface area contributed by atoms with Gasteiger partial charge in [0.1, 0.15) is 13.2 Å². The third kappa shape index (κ3) is 59.9. The maximum absolute atomic E-state index is 12.8. The van der Waals surface area contributed by atoms with Gasteiger partial charge < -0.3 is 14.2 Å². The summed E-state index contributed by atoms with van der Waals surface area (Å²) in [5.41, 5.74) is 0. The highest BCUT2D eigenvalue weighted by Gasteiger charge is 2.19. The van der Waals surface area contributed by atoms with Crippen LogP contribution in [0.5, 0.6) is 0 Å². The first kappa shape index (κ1) is 71.0. The highest BCUT2D eigenvalue weighted by Crippen LogP contribution is 2.14. The van der Waals surface area contributed by atoms with Crippen molar-refractivity contribution in [1.82, 2.24) is 0 Å². The number of ether oxygens (including phenoxy) is 3. The number of carbonyl (C=O) groups excluding carboxylic acids is 3. The maximum Gasteiger partial charge on any atom is 0.306 e. The van der Waals surface area contributed by atoms with Crippen molar-refractivity contribution in [3.8, 4) is 0 Å². The summed E-state index contributed by atoms with van der Waals surface area (Å²) in [5.74, 6) is -0.992. The van der Waals surface area contributed by atoms with E-state index in [0.29, 0.717) is 19.3 Å². The Labute approximate surface area is 467 Å². The molecule has 76 heavy (non-hydrogen) atoms. The van der Waals surface area contributed by atoms with E-state index in [1.807, 2.05) is 0 Å². The number of carbonyl (C=O) groups is 3. The molecule has 1 unspecified atom stereocenters. The molecule has 0 bridgehead atoms. The van der Waals surface area contributed by atoms with Crippen LogP contribution in [0, 0.1) is 0 Å². The summed E-state index contributed by atoms with van der Waals surface area (Å²) < 4.78 is 16.8. The standard InChI is InChI=1S/C70H110O6/c1-4-7-10-13-16-19-22-25-27-28-29-30-31-32-33-34-35-36-37-38-39-40-41-42-44-45-48-51-54-57-60-63-69(72)75-66-67(65-74-68(71)62-59-56-53-50-47-24-21-18-15-12-9-6-3)76-70(73)64-61-58-55-52-49-46-43-26-23-20-17-14-11-8-5-2/h7-8,10-11,16-17,19-20,25-27,29-30,32-33,35-36,38-39,41-43,45,48-49,52,67H,4-6,9,12-15,18,21-24,28,31,34,37,40,44,46-47,50-51,53-66H2,1-3H3/b10-7-,11-8-,19-16-,20-17-,27-25-,30-29-,33-32-,36-35-,39-38-,42-41-,43-26-,48-45-,52-49-. The van der Waals surface area contributed by atoms with Crippen LogP contribution in [-0.4, -0.2) is 37.2 Å². The Morgan fingerprint density at radius 3 is 0.829 bits per heavy atom. The molecule has 0 rings (SSSR count). The lowest BCUT2D eigenvalue weighted by atomic mass is 10.0. The fourth-order valence-electron chi connectivity index (χ4n) is 7.78. The second kappa shape index (κ2) is 62.6. The van der Waals surface area contributed by atoms with Gasteiger partial charge in [0.25, 0.3) is 0 Å². The van der Waals surface area contributed by atoms with Crippen LogP contribution >= 0.6 is 0 Å². The normalized spacial score (nSPS) is 13.2. The fourth-order valence-corrected chi connectivity index (χ4v) is 7.78. The Morgan fingerprint density at radius 2 is 0.513 bits per heavy atom. The minimum atomic E-state index is -0.819. The molecule has 0 aliphatic carbocycles. The molecule has 0 amide bonds. The van der Waals surface area contributed by atoms with Gasteiger partial charge in [0.15, 0.2) is 6.10 Å². The van der Waals surface area contributed by atoms with Crippen molar-refractivity contribution in [2.75, 3.05) is 13.2 Å². The molecule has 426 valence electrons. The molecule has 0 heterocycles. The van der Waals surface area contributed by atoms with Crippen LogP contribution in [0.4, 0.5) is 0 Å². The zero-order valence-electron chi connectivity index (χ0n) is 48.7. The van der Waals surface area contributed by atoms with Crippen molar-refractivity contribution < 1.29 is 28.6 Å². The predicted octanol–water partition coefficient (Wildman–Crippen LogP) is 20.9. The van der Waals surface area contributed by atoms with E-state index in [0.717, 1.165) is 141 Å². The van der Waals surface area contributed by atoms with Gasteiger partial charge in [-0.2, -0.15) is 0 Å². The van der Waals surface area contributed by atoms with E-state index >= 15 is 0 Å². The Balaban J connectivity index is 4.41. The summed E-state index contributed by atoms with van der Waals surface area (Å²) in [4.78, 5) is 38.1. The van der Waals surface area contributed by atoms with Crippen molar-refractivity contribution >= 4 is 17.9 Å². The molecule has 0 N–H and O–H groups in total. The first-order chi connectivity index (χ1) is 37.5. The van der Waals surface area contributed by atoms with E-state index in [1.165, 1.54) is 57.8 Å². The molecular weight excluding hydrogens is 937 g/mol. The molecule has 0 spiro atoms. The summed E-state index contributed by atoms with van der Waals surface area (Å²) in [6.07, 6.45) is 91.1. The highest BCUT2D eigenvalue weighted by atomic mass is 16.6. The number of allylic oxidation sites excluding steroid dienone is 26. The first-order valence-electron chi connectivity index (χ1n) is 30.5. The molecular formula is C70H110O6. The molecule has 0 aliphatic heterocycles. The van der Waals surface area contributed by atoms with E-state index in [-0.39, 0.29) is 37.5 Å². The summed E-state index contributed by atoms with van der Waals surface area (Å²) in [6, 6.07) is 0. The minimum absolute atomic E-state index is 0.110. The lowest BCUT2D eigenvalue weighted by Crippen LogP contribution is -2.30. The smallest absolute Gasteiger partial charge is 0.306 e. The van der Waals surface area contributed by atoms with E-state index < -0.39 is 6.10 Å². The van der Waals surface area contributed by atoms with Crippen molar-refractivity contribution in [1.29, 1.82) is 0 Å². The maximum atomic E-state index is 12.8. The van der Waals surface area contributed by atoms with Crippen molar-refractivity contribution in [3.05, 3.63) is 158 Å². The van der Waals surface area contributed by atoms with Crippen LogP contribution in [0.15, 0.2) is 158 Å². The van der Waals surface area contributed by atoms with Gasteiger partial charge in [-0.1, -0.05) is 256 Å². The van der Waals surface area contributed by atoms with Crippen LogP contribution < -0.4 is 0 Å². The quantitative estimate of drug-likeness (QED) is 0.0261. The SMILES string of the molecule is CC/C=C\C/C=C\C/C=C\C/C=C\C/C=C\C/C=C\C/C=C\C/C=C\C/C=C\CCCCCC(=O)OCC(COC(=O)CCCCCCCCCCCCCC)OC(=O)CCCC/C=C\C/C=C\C/C=C\C/C=C\CC. The second-order valence-electron chi connectivity index (χ2n) is 19.5. The molecule has 6 heteroatoms. The van der Waals surface area contributed by atoms with Crippen LogP contribution in [-0.2, 0) is 28.6 Å². The van der Waals surface area contributed by atoms with Crippen molar-refractivity contribution in [2.24, 2.45) is 0 Å². The van der Waals surface area contributed by atoms with Crippen LogP contribution in [0.2, 0.25) is 0 Å². The fraction of sp³-hybridized carbons (Fsp3) is 0.586. The Hall–Kier alpha value is -4.97. The summed E-state index contributed by atoms with van der Waals surface area (Å²) in [5, 5.41) is 0. The molecule has 1 atom stereocenters. The topological polar surface area (TPSA) is 78.9 Å². The second-order valence-corrected chi connectivity index (χ2v) is 19.5. The molecule has 0 saturated heterocycles. The van der Waals surface area contributed by atoms with E-state index in [4.69, 9.17) is 14.2 Å². The predicted molar refractivity (Wildman–Crippen MR) is 329 cm³/mol. The number of rotatable bonds is 53. The number of unbranched alkanes of at least 4 members (excludes halogenated alkanes) is 16. The van der Waals surface area contributed by atoms with Gasteiger partial charge in [-0.15, -0.1) is 0 Å². The number of esters is 3. The molecule has 0 aliphatic rings. The lowest BCUT2D eigenvalue weighted by molar-refractivity contribution is -0.167. The zero-order chi connectivity index (χ0) is 55.0. The first-order valence-corrected chi connectivity index (χ1v) is 30.5. The third-order valence-electron chi connectivity index (χ3n) is 12.3. The molecule has 6 nitrogen and oxygen atoms in total. The average Bonchev–Trinajstić information content (AvgIpc) is 3.42. The van der Waals surface area contributed by atoms with Crippen LogP contribution in [0.3, 0.4) is 0 Å². The van der Waals surface area contributed by atoms with Gasteiger partial charge >= 0.3 is 17.9 Å². The minimum Gasteiger partial charge on any atom is -0.462 e. The Morgan fingerprint density at radius 1 is 0.276 bits per heavy atom. The van der Waals surface area contributed by atoms with Crippen molar-refractivity contribution in [3.63, 3.8) is 0 Å². The van der Waals surface area contributed by atoms with Crippen molar-refractivity contribution in [2.45, 2.75) is 252 Å². The van der Waals surface area contributed by atoms with Gasteiger partial charge in [0.2, 0.25) is 0 Å². The highest BCUT2D eigenvalue weighted by molar-refractivity contribution is 5.71. The molecule has 0 radical (unpaired) electrons. The van der Waals surface area contributed by atoms with Gasteiger partial charge in [0.05, 0.1) is 0 Å². The average molecular weight is 1050 g/mol. The van der Waals surface area contributed by atoms with Gasteiger partial charge in [0, 0.05) is 19.3 Å².